The summed E-state index contributed by atoms with van der Waals surface area (Å²) in [7, 11) is 0. The van der Waals surface area contributed by atoms with E-state index < -0.39 is 0 Å². The molecule has 0 saturated carbocycles. The summed E-state index contributed by atoms with van der Waals surface area (Å²) in [6, 6.07) is 14.7. The van der Waals surface area contributed by atoms with Gasteiger partial charge >= 0.3 is 0 Å². The van der Waals surface area contributed by atoms with Crippen molar-refractivity contribution in [1.29, 1.82) is 0 Å². The summed E-state index contributed by atoms with van der Waals surface area (Å²) in [5, 5.41) is 6.10. The molecule has 23 heavy (non-hydrogen) atoms. The van der Waals surface area contributed by atoms with Crippen LogP contribution in [-0.2, 0) is 0 Å². The zero-order valence-corrected chi connectivity index (χ0v) is 13.6. The first kappa shape index (κ1) is 16.6. The van der Waals surface area contributed by atoms with E-state index in [2.05, 4.69) is 17.2 Å². The molecule has 0 saturated heterocycles. The van der Waals surface area contributed by atoms with Crippen molar-refractivity contribution < 1.29 is 9.53 Å². The Labute approximate surface area is 137 Å². The Morgan fingerprint density at radius 2 is 1.65 bits per heavy atom. The number of carbonyl (C=O) groups is 1. The average molecular weight is 310 g/mol. The second kappa shape index (κ2) is 8.03. The monoisotopic (exact) mass is 310 g/mol. The van der Waals surface area contributed by atoms with Crippen LogP contribution in [0.1, 0.15) is 24.2 Å². The van der Waals surface area contributed by atoms with Crippen LogP contribution >= 0.6 is 0 Å². The van der Waals surface area contributed by atoms with Gasteiger partial charge in [0.2, 0.25) is 0 Å². The van der Waals surface area contributed by atoms with E-state index >= 15 is 0 Å². The maximum atomic E-state index is 12.2. The first-order valence-electron chi connectivity index (χ1n) is 7.61. The third-order valence-corrected chi connectivity index (χ3v) is 3.16. The number of amides is 1. The minimum Gasteiger partial charge on any atom is -0.494 e. The lowest BCUT2D eigenvalue weighted by atomic mass is 10.2. The third-order valence-electron chi connectivity index (χ3n) is 3.16. The molecule has 0 bridgehead atoms. The Balaban J connectivity index is 1.95. The molecule has 2 aromatic carbocycles. The summed E-state index contributed by atoms with van der Waals surface area (Å²) >= 11 is 0. The Morgan fingerprint density at radius 3 is 2.22 bits per heavy atom. The van der Waals surface area contributed by atoms with Crippen LogP contribution in [0.2, 0.25) is 0 Å². The maximum absolute atomic E-state index is 12.2. The van der Waals surface area contributed by atoms with Crippen molar-refractivity contribution >= 4 is 17.3 Å². The number of benzene rings is 2. The molecule has 2 rings (SSSR count). The molecule has 0 atom stereocenters. The van der Waals surface area contributed by atoms with E-state index in [0.29, 0.717) is 12.2 Å². The van der Waals surface area contributed by atoms with Gasteiger partial charge in [-0.1, -0.05) is 12.2 Å². The van der Waals surface area contributed by atoms with Crippen molar-refractivity contribution in [2.24, 2.45) is 0 Å². The standard InChI is InChI=1S/C19H22N2O2/c1-4-23-18-11-9-17(10-12-18)21-19(22)15-5-7-16(8-6-15)20-13-14(2)3/h5-12,20H,2,4,13H2,1,3H3,(H,21,22). The molecule has 0 aliphatic heterocycles. The number of nitrogens with one attached hydrogen (secondary N) is 2. The molecule has 4 nitrogen and oxygen atoms in total. The van der Waals surface area contributed by atoms with Gasteiger partial charge in [0.15, 0.2) is 0 Å². The van der Waals surface area contributed by atoms with Gasteiger partial charge in [0.1, 0.15) is 5.75 Å². The van der Waals surface area contributed by atoms with Crippen LogP contribution in [0.5, 0.6) is 5.75 Å². The van der Waals surface area contributed by atoms with Crippen molar-refractivity contribution in [3.63, 3.8) is 0 Å². The Hall–Kier alpha value is -2.75. The van der Waals surface area contributed by atoms with E-state index in [1.165, 1.54) is 0 Å². The number of anilines is 2. The first-order valence-corrected chi connectivity index (χ1v) is 7.61. The zero-order chi connectivity index (χ0) is 16.7. The molecule has 0 fully saturated rings. The summed E-state index contributed by atoms with van der Waals surface area (Å²) in [6.45, 7) is 9.09. The number of rotatable bonds is 7. The molecule has 0 aromatic heterocycles. The fraction of sp³-hybridized carbons (Fsp3) is 0.211. The Morgan fingerprint density at radius 1 is 1.04 bits per heavy atom. The predicted molar refractivity (Wildman–Crippen MR) is 95.3 cm³/mol. The lowest BCUT2D eigenvalue weighted by Crippen LogP contribution is -2.12. The van der Waals surface area contributed by atoms with E-state index in [-0.39, 0.29) is 5.91 Å². The van der Waals surface area contributed by atoms with Crippen molar-refractivity contribution in [2.45, 2.75) is 13.8 Å². The molecule has 1 amide bonds. The van der Waals surface area contributed by atoms with Gasteiger partial charge < -0.3 is 15.4 Å². The van der Waals surface area contributed by atoms with Crippen molar-refractivity contribution in [2.75, 3.05) is 23.8 Å². The third kappa shape index (κ3) is 5.18. The molecule has 2 aromatic rings. The van der Waals surface area contributed by atoms with Gasteiger partial charge in [-0.15, -0.1) is 0 Å². The molecule has 0 aliphatic carbocycles. The predicted octanol–water partition coefficient (Wildman–Crippen LogP) is 4.33. The van der Waals surface area contributed by atoms with Gasteiger partial charge in [-0.3, -0.25) is 4.79 Å². The normalized spacial score (nSPS) is 10.0. The minimum atomic E-state index is -0.138. The quantitative estimate of drug-likeness (QED) is 0.749. The van der Waals surface area contributed by atoms with Crippen LogP contribution < -0.4 is 15.4 Å². The van der Waals surface area contributed by atoms with Crippen molar-refractivity contribution in [3.8, 4) is 5.75 Å². The summed E-state index contributed by atoms with van der Waals surface area (Å²) in [6.07, 6.45) is 0. The Bertz CT molecular complexity index is 661. The molecule has 0 aliphatic rings. The lowest BCUT2D eigenvalue weighted by molar-refractivity contribution is 0.102. The van der Waals surface area contributed by atoms with Gasteiger partial charge in [-0.05, 0) is 62.4 Å². The van der Waals surface area contributed by atoms with Gasteiger partial charge in [0.25, 0.3) is 5.91 Å². The van der Waals surface area contributed by atoms with Crippen LogP contribution in [0.25, 0.3) is 0 Å². The number of ether oxygens (including phenoxy) is 1. The van der Waals surface area contributed by atoms with Crippen LogP contribution in [0.4, 0.5) is 11.4 Å². The van der Waals surface area contributed by atoms with Gasteiger partial charge in [0, 0.05) is 23.5 Å². The van der Waals surface area contributed by atoms with Crippen molar-refractivity contribution in [3.05, 3.63) is 66.2 Å². The first-order chi connectivity index (χ1) is 11.1. The Kier molecular flexibility index (Phi) is 5.80. The van der Waals surface area contributed by atoms with Gasteiger partial charge in [-0.2, -0.15) is 0 Å². The van der Waals surface area contributed by atoms with E-state index in [1.807, 2.05) is 50.2 Å². The average Bonchev–Trinajstić information content (AvgIpc) is 2.55. The fourth-order valence-corrected chi connectivity index (χ4v) is 2.00. The highest BCUT2D eigenvalue weighted by molar-refractivity contribution is 6.04. The van der Waals surface area contributed by atoms with Crippen LogP contribution in [-0.4, -0.2) is 19.1 Å². The molecular weight excluding hydrogens is 288 g/mol. The molecule has 0 unspecified atom stereocenters. The SMILES string of the molecule is C=C(C)CNc1ccc(C(=O)Nc2ccc(OCC)cc2)cc1. The molecule has 4 heteroatoms. The summed E-state index contributed by atoms with van der Waals surface area (Å²) in [5.41, 5.74) is 3.37. The van der Waals surface area contributed by atoms with Gasteiger partial charge in [0.05, 0.1) is 6.61 Å². The molecule has 120 valence electrons. The van der Waals surface area contributed by atoms with Crippen LogP contribution in [0, 0.1) is 0 Å². The van der Waals surface area contributed by atoms with E-state index in [0.717, 1.165) is 29.2 Å². The van der Waals surface area contributed by atoms with E-state index in [1.54, 1.807) is 12.1 Å². The maximum Gasteiger partial charge on any atom is 0.255 e. The summed E-state index contributed by atoms with van der Waals surface area (Å²) in [5.74, 6) is 0.652. The molecule has 0 radical (unpaired) electrons. The van der Waals surface area contributed by atoms with E-state index in [4.69, 9.17) is 4.74 Å². The molecule has 2 N–H and O–H groups in total. The van der Waals surface area contributed by atoms with Crippen LogP contribution in [0.3, 0.4) is 0 Å². The second-order valence-corrected chi connectivity index (χ2v) is 5.30. The highest BCUT2D eigenvalue weighted by Crippen LogP contribution is 2.17. The topological polar surface area (TPSA) is 50.4 Å². The number of hydrogen-bond donors (Lipinski definition) is 2. The zero-order valence-electron chi connectivity index (χ0n) is 13.6. The number of hydrogen-bond acceptors (Lipinski definition) is 3. The van der Waals surface area contributed by atoms with Crippen LogP contribution in [0.15, 0.2) is 60.7 Å². The highest BCUT2D eigenvalue weighted by atomic mass is 16.5. The minimum absolute atomic E-state index is 0.138. The van der Waals surface area contributed by atoms with Crippen molar-refractivity contribution in [1.82, 2.24) is 0 Å². The largest absolute Gasteiger partial charge is 0.494 e. The van der Waals surface area contributed by atoms with Gasteiger partial charge in [-0.25, -0.2) is 0 Å². The van der Waals surface area contributed by atoms with E-state index in [9.17, 15) is 4.79 Å². The lowest BCUT2D eigenvalue weighted by Gasteiger charge is -2.09. The summed E-state index contributed by atoms with van der Waals surface area (Å²) in [4.78, 5) is 12.2. The molecular formula is C19H22N2O2. The fourth-order valence-electron chi connectivity index (χ4n) is 2.00. The molecule has 0 heterocycles. The smallest absolute Gasteiger partial charge is 0.255 e. The summed E-state index contributed by atoms with van der Waals surface area (Å²) < 4.78 is 5.38. The highest BCUT2D eigenvalue weighted by Gasteiger charge is 2.06. The number of carbonyl (C=O) groups excluding carboxylic acids is 1. The molecule has 0 spiro atoms. The second-order valence-electron chi connectivity index (χ2n) is 5.30.